The van der Waals surface area contributed by atoms with E-state index in [1.165, 1.54) is 6.07 Å². The van der Waals surface area contributed by atoms with E-state index in [9.17, 15) is 4.39 Å². The van der Waals surface area contributed by atoms with Crippen molar-refractivity contribution in [2.24, 2.45) is 0 Å². The SMILES string of the molecule is CNc1nc2c(F)cc(C)cc2cc1C(C)C. The van der Waals surface area contributed by atoms with E-state index in [1.807, 2.05) is 26.1 Å². The normalized spacial score (nSPS) is 11.2. The molecule has 2 rings (SSSR count). The van der Waals surface area contributed by atoms with Crippen LogP contribution in [0.2, 0.25) is 0 Å². The Morgan fingerprint density at radius 1 is 1.24 bits per heavy atom. The van der Waals surface area contributed by atoms with Crippen LogP contribution in [0.5, 0.6) is 0 Å². The second-order valence-corrected chi connectivity index (χ2v) is 4.65. The quantitative estimate of drug-likeness (QED) is 0.850. The van der Waals surface area contributed by atoms with Gasteiger partial charge in [0.25, 0.3) is 0 Å². The van der Waals surface area contributed by atoms with Gasteiger partial charge in [-0.25, -0.2) is 9.37 Å². The van der Waals surface area contributed by atoms with E-state index in [-0.39, 0.29) is 5.82 Å². The van der Waals surface area contributed by atoms with Gasteiger partial charge in [0.05, 0.1) is 0 Å². The molecule has 0 bridgehead atoms. The summed E-state index contributed by atoms with van der Waals surface area (Å²) in [7, 11) is 1.81. The third kappa shape index (κ3) is 2.09. The molecular formula is C14H17FN2. The van der Waals surface area contributed by atoms with Crippen molar-refractivity contribution < 1.29 is 4.39 Å². The molecule has 0 radical (unpaired) electrons. The van der Waals surface area contributed by atoms with Crippen molar-refractivity contribution in [1.82, 2.24) is 4.98 Å². The van der Waals surface area contributed by atoms with Gasteiger partial charge in [0, 0.05) is 12.4 Å². The number of halogens is 1. The van der Waals surface area contributed by atoms with Gasteiger partial charge in [-0.05, 0) is 42.2 Å². The van der Waals surface area contributed by atoms with Crippen LogP contribution in [0.4, 0.5) is 10.2 Å². The molecule has 0 fully saturated rings. The Morgan fingerprint density at radius 2 is 1.94 bits per heavy atom. The van der Waals surface area contributed by atoms with Crippen LogP contribution in [0.15, 0.2) is 18.2 Å². The first-order valence-electron chi connectivity index (χ1n) is 5.81. The van der Waals surface area contributed by atoms with Gasteiger partial charge in [0.15, 0.2) is 0 Å². The van der Waals surface area contributed by atoms with Crippen molar-refractivity contribution in [2.75, 3.05) is 12.4 Å². The summed E-state index contributed by atoms with van der Waals surface area (Å²) in [5.74, 6) is 0.861. The predicted octanol–water partition coefficient (Wildman–Crippen LogP) is 3.85. The number of fused-ring (bicyclic) bond motifs is 1. The summed E-state index contributed by atoms with van der Waals surface area (Å²) >= 11 is 0. The Morgan fingerprint density at radius 3 is 2.53 bits per heavy atom. The van der Waals surface area contributed by atoms with E-state index < -0.39 is 0 Å². The van der Waals surface area contributed by atoms with Crippen molar-refractivity contribution >= 4 is 16.7 Å². The third-order valence-corrected chi connectivity index (χ3v) is 2.90. The highest BCUT2D eigenvalue weighted by Gasteiger charge is 2.11. The molecule has 0 unspecified atom stereocenters. The lowest BCUT2D eigenvalue weighted by molar-refractivity contribution is 0.635. The molecule has 0 amide bonds. The van der Waals surface area contributed by atoms with Crippen LogP contribution >= 0.6 is 0 Å². The lowest BCUT2D eigenvalue weighted by Gasteiger charge is -2.13. The number of hydrogen-bond donors (Lipinski definition) is 1. The molecule has 3 heteroatoms. The van der Waals surface area contributed by atoms with Crippen molar-refractivity contribution in [1.29, 1.82) is 0 Å². The van der Waals surface area contributed by atoms with Gasteiger partial charge < -0.3 is 5.32 Å². The molecule has 0 aliphatic heterocycles. The maximum Gasteiger partial charge on any atom is 0.149 e. The van der Waals surface area contributed by atoms with Gasteiger partial charge in [0.1, 0.15) is 17.2 Å². The molecule has 0 atom stereocenters. The highest BCUT2D eigenvalue weighted by atomic mass is 19.1. The maximum atomic E-state index is 13.8. The predicted molar refractivity (Wildman–Crippen MR) is 70.1 cm³/mol. The summed E-state index contributed by atoms with van der Waals surface area (Å²) in [4.78, 5) is 4.37. The summed E-state index contributed by atoms with van der Waals surface area (Å²) in [6.45, 7) is 6.11. The minimum Gasteiger partial charge on any atom is -0.373 e. The molecule has 90 valence electrons. The molecule has 1 heterocycles. The number of rotatable bonds is 2. The van der Waals surface area contributed by atoms with Crippen LogP contribution in [0, 0.1) is 12.7 Å². The topological polar surface area (TPSA) is 24.9 Å². The highest BCUT2D eigenvalue weighted by molar-refractivity contribution is 5.83. The Balaban J connectivity index is 2.78. The number of benzene rings is 1. The fraction of sp³-hybridized carbons (Fsp3) is 0.357. The zero-order valence-corrected chi connectivity index (χ0v) is 10.6. The van der Waals surface area contributed by atoms with Crippen LogP contribution in [0.25, 0.3) is 10.9 Å². The second kappa shape index (κ2) is 4.32. The monoisotopic (exact) mass is 232 g/mol. The molecule has 0 spiro atoms. The molecule has 0 aliphatic carbocycles. The van der Waals surface area contributed by atoms with Gasteiger partial charge in [-0.1, -0.05) is 13.8 Å². The molecule has 0 saturated heterocycles. The number of hydrogen-bond acceptors (Lipinski definition) is 2. The van der Waals surface area contributed by atoms with Crippen LogP contribution in [-0.4, -0.2) is 12.0 Å². The minimum absolute atomic E-state index is 0.258. The number of pyridine rings is 1. The van der Waals surface area contributed by atoms with Crippen molar-refractivity contribution in [3.05, 3.63) is 35.1 Å². The van der Waals surface area contributed by atoms with Gasteiger partial charge in [-0.15, -0.1) is 0 Å². The van der Waals surface area contributed by atoms with E-state index in [0.717, 1.165) is 22.3 Å². The minimum atomic E-state index is -0.258. The molecule has 2 nitrogen and oxygen atoms in total. The number of aromatic nitrogens is 1. The molecule has 1 aromatic carbocycles. The fourth-order valence-electron chi connectivity index (χ4n) is 2.04. The van der Waals surface area contributed by atoms with E-state index in [2.05, 4.69) is 24.1 Å². The Bertz CT molecular complexity index is 562. The molecular weight excluding hydrogens is 215 g/mol. The largest absolute Gasteiger partial charge is 0.373 e. The zero-order chi connectivity index (χ0) is 12.6. The second-order valence-electron chi connectivity index (χ2n) is 4.65. The highest BCUT2D eigenvalue weighted by Crippen LogP contribution is 2.28. The number of nitrogens with zero attached hydrogens (tertiary/aromatic N) is 1. The fourth-order valence-corrected chi connectivity index (χ4v) is 2.04. The van der Waals surface area contributed by atoms with Crippen LogP contribution in [-0.2, 0) is 0 Å². The first-order chi connectivity index (χ1) is 8.02. The summed E-state index contributed by atoms with van der Waals surface area (Å²) < 4.78 is 13.8. The van der Waals surface area contributed by atoms with E-state index >= 15 is 0 Å². The van der Waals surface area contributed by atoms with Gasteiger partial charge in [-0.2, -0.15) is 0 Å². The van der Waals surface area contributed by atoms with Crippen molar-refractivity contribution in [2.45, 2.75) is 26.7 Å². The van der Waals surface area contributed by atoms with E-state index in [0.29, 0.717) is 11.4 Å². The van der Waals surface area contributed by atoms with Crippen LogP contribution in [0.1, 0.15) is 30.9 Å². The smallest absolute Gasteiger partial charge is 0.149 e. The standard InChI is InChI=1S/C14H17FN2/c1-8(2)11-7-10-5-9(3)6-12(15)13(10)17-14(11)16-4/h5-8H,1-4H3,(H,16,17). The summed E-state index contributed by atoms with van der Waals surface area (Å²) in [5, 5.41) is 3.90. The number of nitrogens with one attached hydrogen (secondary N) is 1. The molecule has 0 saturated carbocycles. The van der Waals surface area contributed by atoms with Gasteiger partial charge in [0.2, 0.25) is 0 Å². The molecule has 0 aliphatic rings. The lowest BCUT2D eigenvalue weighted by atomic mass is 10.0. The van der Waals surface area contributed by atoms with E-state index in [1.54, 1.807) is 0 Å². The summed E-state index contributed by atoms with van der Waals surface area (Å²) in [5.41, 5.74) is 2.47. The first kappa shape index (κ1) is 11.8. The number of aryl methyl sites for hydroxylation is 1. The van der Waals surface area contributed by atoms with Crippen molar-refractivity contribution in [3.63, 3.8) is 0 Å². The first-order valence-corrected chi connectivity index (χ1v) is 5.81. The summed E-state index contributed by atoms with van der Waals surface area (Å²) in [6.07, 6.45) is 0. The van der Waals surface area contributed by atoms with Gasteiger partial charge >= 0.3 is 0 Å². The van der Waals surface area contributed by atoms with Gasteiger partial charge in [-0.3, -0.25) is 0 Å². The average molecular weight is 232 g/mol. The Kier molecular flexibility index (Phi) is 3.01. The third-order valence-electron chi connectivity index (χ3n) is 2.90. The molecule has 2 aromatic rings. The molecule has 17 heavy (non-hydrogen) atoms. The van der Waals surface area contributed by atoms with Crippen LogP contribution < -0.4 is 5.32 Å². The van der Waals surface area contributed by atoms with Crippen LogP contribution in [0.3, 0.4) is 0 Å². The Labute approximate surface area is 101 Å². The Hall–Kier alpha value is -1.64. The molecule has 1 aromatic heterocycles. The molecule has 1 N–H and O–H groups in total. The zero-order valence-electron chi connectivity index (χ0n) is 10.6. The summed E-state index contributed by atoms with van der Waals surface area (Å²) in [6, 6.07) is 5.51. The average Bonchev–Trinajstić information content (AvgIpc) is 2.27. The van der Waals surface area contributed by atoms with Crippen molar-refractivity contribution in [3.8, 4) is 0 Å². The number of anilines is 1. The maximum absolute atomic E-state index is 13.8. The van der Waals surface area contributed by atoms with E-state index in [4.69, 9.17) is 0 Å². The lowest BCUT2D eigenvalue weighted by Crippen LogP contribution is -2.02.